The van der Waals surface area contributed by atoms with E-state index in [9.17, 15) is 8.42 Å². The zero-order valence-corrected chi connectivity index (χ0v) is 15.1. The van der Waals surface area contributed by atoms with Crippen molar-refractivity contribution < 1.29 is 13.2 Å². The van der Waals surface area contributed by atoms with E-state index in [1.807, 2.05) is 42.5 Å². The Labute approximate surface area is 149 Å². The summed E-state index contributed by atoms with van der Waals surface area (Å²) in [7, 11) is -2.94. The van der Waals surface area contributed by atoms with Crippen molar-refractivity contribution in [2.75, 3.05) is 18.1 Å². The molecule has 25 heavy (non-hydrogen) atoms. The molecule has 0 saturated heterocycles. The predicted molar refractivity (Wildman–Crippen MR) is 98.0 cm³/mol. The SMILES string of the molecule is CCS(=O)(=O)CCNCc1cccc(OCc2ccccc2C#N)c1. The summed E-state index contributed by atoms with van der Waals surface area (Å²) in [6.45, 7) is 2.98. The molecule has 0 aromatic heterocycles. The fourth-order valence-corrected chi connectivity index (χ4v) is 3.01. The van der Waals surface area contributed by atoms with E-state index in [0.717, 1.165) is 11.1 Å². The van der Waals surface area contributed by atoms with Gasteiger partial charge in [-0.05, 0) is 23.8 Å². The van der Waals surface area contributed by atoms with Gasteiger partial charge in [0.25, 0.3) is 0 Å². The lowest BCUT2D eigenvalue weighted by atomic mass is 10.1. The number of hydrogen-bond donors (Lipinski definition) is 1. The molecule has 0 aliphatic heterocycles. The van der Waals surface area contributed by atoms with Gasteiger partial charge in [0, 0.05) is 24.4 Å². The molecule has 132 valence electrons. The molecule has 0 atom stereocenters. The highest BCUT2D eigenvalue weighted by Crippen LogP contribution is 2.16. The van der Waals surface area contributed by atoms with Gasteiger partial charge in [-0.25, -0.2) is 8.42 Å². The van der Waals surface area contributed by atoms with Crippen LogP contribution in [0.15, 0.2) is 48.5 Å². The molecule has 0 spiro atoms. The van der Waals surface area contributed by atoms with Crippen LogP contribution >= 0.6 is 0 Å². The van der Waals surface area contributed by atoms with Crippen LogP contribution in [-0.4, -0.2) is 26.5 Å². The summed E-state index contributed by atoms with van der Waals surface area (Å²) in [5.74, 6) is 1.03. The molecule has 0 saturated carbocycles. The van der Waals surface area contributed by atoms with Crippen LogP contribution in [0.3, 0.4) is 0 Å². The summed E-state index contributed by atoms with van der Waals surface area (Å²) >= 11 is 0. The largest absolute Gasteiger partial charge is 0.489 e. The normalized spacial score (nSPS) is 11.0. The fourth-order valence-electron chi connectivity index (χ4n) is 2.27. The monoisotopic (exact) mass is 358 g/mol. The van der Waals surface area contributed by atoms with Gasteiger partial charge in [-0.15, -0.1) is 0 Å². The van der Waals surface area contributed by atoms with Crippen LogP contribution in [0.2, 0.25) is 0 Å². The van der Waals surface area contributed by atoms with Crippen molar-refractivity contribution in [2.24, 2.45) is 0 Å². The number of benzene rings is 2. The Bertz CT molecular complexity index is 842. The molecule has 0 aliphatic carbocycles. The van der Waals surface area contributed by atoms with E-state index in [0.29, 0.717) is 31.0 Å². The maximum atomic E-state index is 11.5. The highest BCUT2D eigenvalue weighted by Gasteiger charge is 2.06. The van der Waals surface area contributed by atoms with E-state index in [4.69, 9.17) is 10.00 Å². The van der Waals surface area contributed by atoms with Gasteiger partial charge in [0.2, 0.25) is 0 Å². The molecule has 0 heterocycles. The lowest BCUT2D eigenvalue weighted by Crippen LogP contribution is -2.23. The molecule has 2 rings (SSSR count). The first-order chi connectivity index (χ1) is 12.0. The Kier molecular flexibility index (Phi) is 6.99. The molecule has 6 heteroatoms. The molecule has 0 unspecified atom stereocenters. The van der Waals surface area contributed by atoms with Crippen molar-refractivity contribution in [2.45, 2.75) is 20.1 Å². The Morgan fingerprint density at radius 1 is 1.16 bits per heavy atom. The van der Waals surface area contributed by atoms with Gasteiger partial charge in [-0.2, -0.15) is 5.26 Å². The molecule has 2 aromatic carbocycles. The molecule has 0 fully saturated rings. The van der Waals surface area contributed by atoms with Crippen LogP contribution in [-0.2, 0) is 23.0 Å². The molecule has 0 amide bonds. The van der Waals surface area contributed by atoms with Crippen molar-refractivity contribution in [1.29, 1.82) is 5.26 Å². The summed E-state index contributed by atoms with van der Waals surface area (Å²) in [5.41, 5.74) is 2.47. The van der Waals surface area contributed by atoms with Crippen molar-refractivity contribution in [3.63, 3.8) is 0 Å². The first kappa shape index (κ1) is 19.0. The third kappa shape index (κ3) is 6.22. The summed E-state index contributed by atoms with van der Waals surface area (Å²) in [6, 6.07) is 17.1. The Balaban J connectivity index is 1.88. The molecular formula is C19H22N2O3S. The van der Waals surface area contributed by atoms with Crippen LogP contribution < -0.4 is 10.1 Å². The van der Waals surface area contributed by atoms with Gasteiger partial charge in [0.05, 0.1) is 17.4 Å². The average Bonchev–Trinajstić information content (AvgIpc) is 2.64. The third-order valence-electron chi connectivity index (χ3n) is 3.79. The minimum atomic E-state index is -2.94. The van der Waals surface area contributed by atoms with Gasteiger partial charge in [-0.1, -0.05) is 37.3 Å². The van der Waals surface area contributed by atoms with Gasteiger partial charge in [0.15, 0.2) is 9.84 Å². The van der Waals surface area contributed by atoms with Crippen LogP contribution in [0.4, 0.5) is 0 Å². The van der Waals surface area contributed by atoms with E-state index in [2.05, 4.69) is 11.4 Å². The second-order valence-electron chi connectivity index (χ2n) is 5.62. The second kappa shape index (κ2) is 9.21. The summed E-state index contributed by atoms with van der Waals surface area (Å²) < 4.78 is 28.7. The lowest BCUT2D eigenvalue weighted by molar-refractivity contribution is 0.305. The summed E-state index contributed by atoms with van der Waals surface area (Å²) in [4.78, 5) is 0. The zero-order valence-electron chi connectivity index (χ0n) is 14.2. The smallest absolute Gasteiger partial charge is 0.151 e. The van der Waals surface area contributed by atoms with Crippen LogP contribution in [0.25, 0.3) is 0 Å². The van der Waals surface area contributed by atoms with Gasteiger partial charge in [-0.3, -0.25) is 0 Å². The number of rotatable bonds is 9. The Morgan fingerprint density at radius 3 is 2.72 bits per heavy atom. The van der Waals surface area contributed by atoms with Gasteiger partial charge in [0.1, 0.15) is 12.4 Å². The first-order valence-corrected chi connectivity index (χ1v) is 9.97. The quantitative estimate of drug-likeness (QED) is 0.697. The minimum absolute atomic E-state index is 0.143. The predicted octanol–water partition coefficient (Wildman–Crippen LogP) is 2.66. The standard InChI is InChI=1S/C19H22N2O3S/c1-2-25(22,23)11-10-21-14-16-6-5-9-19(12-16)24-15-18-8-4-3-7-17(18)13-20/h3-9,12,21H,2,10-11,14-15H2,1H3. The molecule has 1 N–H and O–H groups in total. The number of sulfone groups is 1. The molecule has 0 radical (unpaired) electrons. The number of hydrogen-bond acceptors (Lipinski definition) is 5. The number of ether oxygens (including phenoxy) is 1. The van der Waals surface area contributed by atoms with E-state index in [1.54, 1.807) is 13.0 Å². The van der Waals surface area contributed by atoms with Crippen molar-refractivity contribution in [3.05, 3.63) is 65.2 Å². The van der Waals surface area contributed by atoms with Gasteiger partial charge >= 0.3 is 0 Å². The number of nitrogens with zero attached hydrogens (tertiary/aromatic N) is 1. The molecule has 5 nitrogen and oxygen atoms in total. The Hall–Kier alpha value is -2.36. The molecule has 0 bridgehead atoms. The van der Waals surface area contributed by atoms with Crippen molar-refractivity contribution in [1.82, 2.24) is 5.32 Å². The second-order valence-corrected chi connectivity index (χ2v) is 8.09. The zero-order chi connectivity index (χ0) is 18.1. The van der Waals surface area contributed by atoms with E-state index in [-0.39, 0.29) is 11.5 Å². The summed E-state index contributed by atoms with van der Waals surface area (Å²) in [6.07, 6.45) is 0. The highest BCUT2D eigenvalue weighted by molar-refractivity contribution is 7.91. The lowest BCUT2D eigenvalue weighted by Gasteiger charge is -2.10. The minimum Gasteiger partial charge on any atom is -0.489 e. The van der Waals surface area contributed by atoms with Crippen LogP contribution in [0, 0.1) is 11.3 Å². The maximum Gasteiger partial charge on any atom is 0.151 e. The topological polar surface area (TPSA) is 79.2 Å². The summed E-state index contributed by atoms with van der Waals surface area (Å²) in [5, 5.41) is 12.2. The fraction of sp³-hybridized carbons (Fsp3) is 0.316. The number of nitriles is 1. The molecule has 0 aliphatic rings. The Morgan fingerprint density at radius 2 is 1.96 bits per heavy atom. The van der Waals surface area contributed by atoms with Crippen molar-refractivity contribution >= 4 is 9.84 Å². The number of nitrogens with one attached hydrogen (secondary N) is 1. The van der Waals surface area contributed by atoms with Crippen LogP contribution in [0.5, 0.6) is 5.75 Å². The van der Waals surface area contributed by atoms with E-state index in [1.165, 1.54) is 0 Å². The molecular weight excluding hydrogens is 336 g/mol. The first-order valence-electron chi connectivity index (χ1n) is 8.15. The van der Waals surface area contributed by atoms with E-state index < -0.39 is 9.84 Å². The third-order valence-corrected chi connectivity index (χ3v) is 5.50. The van der Waals surface area contributed by atoms with Crippen LogP contribution in [0.1, 0.15) is 23.6 Å². The molecule has 2 aromatic rings. The van der Waals surface area contributed by atoms with Gasteiger partial charge < -0.3 is 10.1 Å². The average molecular weight is 358 g/mol. The van der Waals surface area contributed by atoms with Crippen molar-refractivity contribution in [3.8, 4) is 11.8 Å². The highest BCUT2D eigenvalue weighted by atomic mass is 32.2. The van der Waals surface area contributed by atoms with E-state index >= 15 is 0 Å². The maximum absolute atomic E-state index is 11.5.